The van der Waals surface area contributed by atoms with E-state index in [4.69, 9.17) is 23.2 Å². The molecule has 15 heteroatoms. The van der Waals surface area contributed by atoms with Gasteiger partial charge in [-0.1, -0.05) is 23.2 Å². The second-order valence-corrected chi connectivity index (χ2v) is 8.39. The summed E-state index contributed by atoms with van der Waals surface area (Å²) in [7, 11) is 0. The molecule has 2 aromatic rings. The average Bonchev–Trinajstić information content (AvgIpc) is 2.90. The number of hydrogen-bond acceptors (Lipinski definition) is 5. The molecule has 29 heavy (non-hydrogen) atoms. The molecule has 5 nitrogen and oxygen atoms in total. The zero-order chi connectivity index (χ0) is 22.3. The van der Waals surface area contributed by atoms with E-state index in [0.717, 1.165) is 13.2 Å². The predicted octanol–water partition coefficient (Wildman–Crippen LogP) is 5.72. The summed E-state index contributed by atoms with van der Waals surface area (Å²) in [4.78, 5) is 11.5. The molecule has 1 N–H and O–H groups in total. The highest BCUT2D eigenvalue weighted by Gasteiger charge is 2.36. The van der Waals surface area contributed by atoms with Gasteiger partial charge in [0.25, 0.3) is 0 Å². The third-order valence-corrected chi connectivity index (χ3v) is 5.35. The Labute approximate surface area is 177 Å². The molecule has 0 aliphatic heterocycles. The van der Waals surface area contributed by atoms with E-state index in [1.165, 1.54) is 0 Å². The lowest BCUT2D eigenvalue weighted by atomic mass is 10.2. The largest absolute Gasteiger partial charge is 0.611 e. The molecule has 160 valence electrons. The minimum atomic E-state index is -4.79. The van der Waals surface area contributed by atoms with Crippen molar-refractivity contribution in [3.05, 3.63) is 33.4 Å². The van der Waals surface area contributed by atoms with Crippen LogP contribution in [-0.2, 0) is 17.4 Å². The van der Waals surface area contributed by atoms with Gasteiger partial charge in [-0.2, -0.15) is 31.4 Å². The number of aromatic nitrogens is 2. The first-order valence-electron chi connectivity index (χ1n) is 7.18. The Morgan fingerprint density at radius 3 is 2.10 bits per heavy atom. The van der Waals surface area contributed by atoms with Crippen LogP contribution in [0.3, 0.4) is 0 Å². The fourth-order valence-corrected chi connectivity index (χ4v) is 4.17. The van der Waals surface area contributed by atoms with Crippen molar-refractivity contribution in [2.24, 2.45) is 0 Å². The van der Waals surface area contributed by atoms with Crippen LogP contribution in [0.4, 0.5) is 32.2 Å². The van der Waals surface area contributed by atoms with Crippen LogP contribution in [0, 0.1) is 0 Å². The molecule has 0 saturated carbocycles. The zero-order valence-corrected chi connectivity index (χ0v) is 17.4. The van der Waals surface area contributed by atoms with Gasteiger partial charge in [-0.15, -0.1) is 0 Å². The summed E-state index contributed by atoms with van der Waals surface area (Å²) in [6.07, 6.45) is -3.70. The highest BCUT2D eigenvalue weighted by molar-refractivity contribution is 8.01. The molecule has 1 unspecified atom stereocenters. The topological polar surface area (TPSA) is 70.0 Å². The Hall–Kier alpha value is -1.28. The number of hydrogen-bond donors (Lipinski definition) is 1. The maximum Gasteiger partial charge on any atom is 0.461 e. The molecule has 1 heterocycles. The molecule has 1 aromatic carbocycles. The lowest BCUT2D eigenvalue weighted by Crippen LogP contribution is -2.12. The van der Waals surface area contributed by atoms with Crippen LogP contribution in [0.5, 0.6) is 0 Å². The van der Waals surface area contributed by atoms with Crippen molar-refractivity contribution in [2.45, 2.75) is 23.5 Å². The van der Waals surface area contributed by atoms with Crippen LogP contribution in [0.1, 0.15) is 23.0 Å². The van der Waals surface area contributed by atoms with Gasteiger partial charge in [0.15, 0.2) is 17.3 Å². The van der Waals surface area contributed by atoms with Gasteiger partial charge in [0, 0.05) is 6.92 Å². The molecule has 2 rings (SSSR count). The molecule has 0 aliphatic carbocycles. The van der Waals surface area contributed by atoms with E-state index in [1.807, 2.05) is 4.72 Å². The van der Waals surface area contributed by atoms with Crippen LogP contribution < -0.4 is 4.72 Å². The van der Waals surface area contributed by atoms with E-state index < -0.39 is 73.4 Å². The number of halogens is 8. The molecular formula is C14H9Cl2F6N3O2S2. The number of Topliss-reactive ketones (excluding diaryl/α,β-unsaturated/α-hetero) is 1. The third-order valence-electron chi connectivity index (χ3n) is 3.28. The molecule has 0 saturated heterocycles. The first-order chi connectivity index (χ1) is 13.1. The molecule has 0 fully saturated rings. The van der Waals surface area contributed by atoms with Crippen molar-refractivity contribution >= 4 is 57.9 Å². The molecule has 0 amide bonds. The maximum absolute atomic E-state index is 12.9. The fraction of sp³-hybridized carbons (Fsp3) is 0.286. The summed E-state index contributed by atoms with van der Waals surface area (Å²) in [5.41, 5.74) is -6.87. The van der Waals surface area contributed by atoms with E-state index >= 15 is 0 Å². The first kappa shape index (κ1) is 24.0. The van der Waals surface area contributed by atoms with Crippen molar-refractivity contribution in [2.75, 3.05) is 11.0 Å². The third kappa shape index (κ3) is 5.45. The van der Waals surface area contributed by atoms with Gasteiger partial charge < -0.3 is 9.27 Å². The normalized spacial score (nSPS) is 13.5. The average molecular weight is 500 g/mol. The van der Waals surface area contributed by atoms with Gasteiger partial charge in [-0.3, -0.25) is 4.79 Å². The van der Waals surface area contributed by atoms with Gasteiger partial charge in [-0.25, -0.2) is 4.68 Å². The van der Waals surface area contributed by atoms with Crippen molar-refractivity contribution in [3.63, 3.8) is 0 Å². The summed E-state index contributed by atoms with van der Waals surface area (Å²) < 4.78 is 91.4. The fourth-order valence-electron chi connectivity index (χ4n) is 2.20. The highest BCUT2D eigenvalue weighted by atomic mass is 35.5. The number of carbonyl (C=O) groups excluding carboxylic acids is 1. The van der Waals surface area contributed by atoms with Crippen LogP contribution in [-0.4, -0.2) is 31.9 Å². The summed E-state index contributed by atoms with van der Waals surface area (Å²) in [5.74, 6) is -1.31. The number of carbonyl (C=O) groups is 1. The van der Waals surface area contributed by atoms with E-state index in [1.54, 1.807) is 0 Å². The smallest absolute Gasteiger partial charge is 0.461 e. The van der Waals surface area contributed by atoms with Crippen molar-refractivity contribution < 1.29 is 35.7 Å². The summed E-state index contributed by atoms with van der Waals surface area (Å²) in [6.45, 7) is 1.03. The van der Waals surface area contributed by atoms with Gasteiger partial charge in [0.2, 0.25) is 4.90 Å². The minimum absolute atomic E-state index is 0.388. The number of ketones is 1. The highest BCUT2D eigenvalue weighted by Crippen LogP contribution is 2.41. The Kier molecular flexibility index (Phi) is 7.00. The van der Waals surface area contributed by atoms with Gasteiger partial charge >= 0.3 is 11.7 Å². The summed E-state index contributed by atoms with van der Waals surface area (Å²) in [5, 5.41) is 2.59. The standard InChI is InChI=1S/C14H9Cl2F6N3O2S2/c1-5(26)9-11(29(2)27)12(24-28-14(20,21)22)25(23-9)10-7(15)3-6(4-8(10)16)13(17,18)19/h3-4,24H,1-2H3. The van der Waals surface area contributed by atoms with E-state index in [9.17, 15) is 35.7 Å². The minimum Gasteiger partial charge on any atom is -0.611 e. The molecule has 0 aliphatic rings. The summed E-state index contributed by atoms with van der Waals surface area (Å²) in [6, 6.07) is 1.00. The molecule has 0 radical (unpaired) electrons. The van der Waals surface area contributed by atoms with E-state index in [2.05, 4.69) is 5.10 Å². The number of anilines is 1. The Morgan fingerprint density at radius 1 is 1.21 bits per heavy atom. The molecule has 1 aromatic heterocycles. The first-order valence-corrected chi connectivity index (χ1v) is 10.3. The van der Waals surface area contributed by atoms with E-state index in [-0.39, 0.29) is 4.90 Å². The predicted molar refractivity (Wildman–Crippen MR) is 98.2 cm³/mol. The number of alkyl halides is 6. The number of benzene rings is 1. The molecule has 1 atom stereocenters. The van der Waals surface area contributed by atoms with Crippen LogP contribution in [0.15, 0.2) is 17.0 Å². The van der Waals surface area contributed by atoms with Crippen molar-refractivity contribution in [1.29, 1.82) is 0 Å². The number of nitrogens with one attached hydrogen (secondary N) is 1. The quantitative estimate of drug-likeness (QED) is 0.246. The molecule has 0 spiro atoms. The second-order valence-electron chi connectivity index (χ2n) is 5.38. The number of nitrogens with zero attached hydrogens (tertiary/aromatic N) is 2. The van der Waals surface area contributed by atoms with Crippen molar-refractivity contribution in [1.82, 2.24) is 9.78 Å². The van der Waals surface area contributed by atoms with Crippen LogP contribution in [0.25, 0.3) is 5.69 Å². The second kappa shape index (κ2) is 8.46. The van der Waals surface area contributed by atoms with Gasteiger partial charge in [-0.05, 0) is 23.3 Å². The number of rotatable bonds is 5. The Bertz CT molecular complexity index is 924. The lowest BCUT2D eigenvalue weighted by molar-refractivity contribution is -0.137. The lowest BCUT2D eigenvalue weighted by Gasteiger charge is -2.15. The summed E-state index contributed by atoms with van der Waals surface area (Å²) >= 11 is 9.04. The molecule has 0 bridgehead atoms. The van der Waals surface area contributed by atoms with E-state index in [0.29, 0.717) is 16.8 Å². The van der Waals surface area contributed by atoms with Crippen molar-refractivity contribution in [3.8, 4) is 5.69 Å². The van der Waals surface area contributed by atoms with Crippen LogP contribution in [0.2, 0.25) is 10.0 Å². The Morgan fingerprint density at radius 2 is 1.72 bits per heavy atom. The maximum atomic E-state index is 12.9. The van der Waals surface area contributed by atoms with Gasteiger partial charge in [0.05, 0.1) is 27.6 Å². The molecular weight excluding hydrogens is 491 g/mol. The monoisotopic (exact) mass is 499 g/mol. The SMILES string of the molecule is CC(=O)c1nn(-c2c(Cl)cc(C(F)(F)F)cc2Cl)c(NSC(F)(F)F)c1[S+](C)[O-]. The van der Waals surface area contributed by atoms with Gasteiger partial charge in [0.1, 0.15) is 11.9 Å². The van der Waals surface area contributed by atoms with Crippen LogP contribution >= 0.6 is 35.1 Å². The zero-order valence-electron chi connectivity index (χ0n) is 14.2. The Balaban J connectivity index is 2.78.